The number of fused-ring (bicyclic) bond motifs is 1. The van der Waals surface area contributed by atoms with Gasteiger partial charge in [-0.3, -0.25) is 9.59 Å². The fourth-order valence-electron chi connectivity index (χ4n) is 4.35. The number of hydrogen-bond acceptors (Lipinski definition) is 4. The second-order valence-electron chi connectivity index (χ2n) is 8.19. The van der Waals surface area contributed by atoms with Crippen molar-refractivity contribution in [3.8, 4) is 0 Å². The van der Waals surface area contributed by atoms with Crippen LogP contribution in [0.2, 0.25) is 0 Å². The van der Waals surface area contributed by atoms with Crippen LogP contribution in [0.5, 0.6) is 0 Å². The Morgan fingerprint density at radius 3 is 2.64 bits per heavy atom. The Morgan fingerprint density at radius 2 is 1.96 bits per heavy atom. The average molecular weight is 401 g/mol. The van der Waals surface area contributed by atoms with Crippen LogP contribution in [-0.4, -0.2) is 29.8 Å². The van der Waals surface area contributed by atoms with E-state index < -0.39 is 0 Å². The maximum absolute atomic E-state index is 13.4. The van der Waals surface area contributed by atoms with E-state index in [1.807, 2.05) is 11.8 Å². The summed E-state index contributed by atoms with van der Waals surface area (Å²) in [7, 11) is 0. The summed E-state index contributed by atoms with van der Waals surface area (Å²) in [5, 5.41) is 3.75. The molecule has 1 saturated heterocycles. The molecule has 3 heterocycles. The number of thiophene rings is 1. The first-order valence-electron chi connectivity index (χ1n) is 10.3. The number of nitrogens with zero attached hydrogens (tertiary/aromatic N) is 1. The molecule has 0 saturated carbocycles. The minimum Gasteiger partial charge on any atom is -0.466 e. The minimum absolute atomic E-state index is 0.0853. The number of anilines is 1. The van der Waals surface area contributed by atoms with Gasteiger partial charge < -0.3 is 14.6 Å². The van der Waals surface area contributed by atoms with Crippen LogP contribution >= 0.6 is 11.3 Å². The Labute approximate surface area is 170 Å². The standard InChI is InChI=1S/C22H28N2O3S/c1-13-7-8-16-18(11-13)28-21(19(16)22(26)24-9-5-4-6-10-24)23-20(25)17-12-14(2)27-15(17)3/h12-13H,4-11H2,1-3H3,(H,23,25). The molecule has 0 aromatic carbocycles. The molecular formula is C22H28N2O3S. The number of likely N-dealkylation sites (tertiary alicyclic amines) is 1. The van der Waals surface area contributed by atoms with E-state index in [4.69, 9.17) is 4.42 Å². The lowest BCUT2D eigenvalue weighted by molar-refractivity contribution is 0.0724. The summed E-state index contributed by atoms with van der Waals surface area (Å²) in [5.74, 6) is 1.82. The second-order valence-corrected chi connectivity index (χ2v) is 9.29. The largest absolute Gasteiger partial charge is 0.466 e. The molecule has 6 heteroatoms. The highest BCUT2D eigenvalue weighted by Crippen LogP contribution is 2.40. The van der Waals surface area contributed by atoms with E-state index >= 15 is 0 Å². The average Bonchev–Trinajstić information content (AvgIpc) is 3.20. The molecule has 2 aliphatic rings. The quantitative estimate of drug-likeness (QED) is 0.792. The molecule has 0 bridgehead atoms. The molecule has 2 aromatic rings. The van der Waals surface area contributed by atoms with Crippen LogP contribution in [0, 0.1) is 19.8 Å². The summed E-state index contributed by atoms with van der Waals surface area (Å²) < 4.78 is 5.51. The number of piperidine rings is 1. The van der Waals surface area contributed by atoms with Gasteiger partial charge in [0.1, 0.15) is 16.5 Å². The monoisotopic (exact) mass is 400 g/mol. The van der Waals surface area contributed by atoms with Crippen LogP contribution in [0.15, 0.2) is 10.5 Å². The number of amides is 2. The van der Waals surface area contributed by atoms with Crippen molar-refractivity contribution in [2.45, 2.75) is 59.3 Å². The third-order valence-corrected chi connectivity index (χ3v) is 7.05. The fraction of sp³-hybridized carbons (Fsp3) is 0.545. The van der Waals surface area contributed by atoms with Gasteiger partial charge in [0, 0.05) is 18.0 Å². The van der Waals surface area contributed by atoms with Crippen molar-refractivity contribution in [3.05, 3.63) is 39.2 Å². The Bertz CT molecular complexity index is 905. The third kappa shape index (κ3) is 3.62. The Balaban J connectivity index is 1.68. The van der Waals surface area contributed by atoms with Gasteiger partial charge in [0.2, 0.25) is 0 Å². The fourth-order valence-corrected chi connectivity index (χ4v) is 5.74. The predicted molar refractivity (Wildman–Crippen MR) is 111 cm³/mol. The molecular weight excluding hydrogens is 372 g/mol. The maximum Gasteiger partial charge on any atom is 0.259 e. The molecule has 1 unspecified atom stereocenters. The molecule has 1 N–H and O–H groups in total. The van der Waals surface area contributed by atoms with Crippen LogP contribution < -0.4 is 5.32 Å². The molecule has 1 fully saturated rings. The van der Waals surface area contributed by atoms with Gasteiger partial charge in [-0.05, 0) is 69.9 Å². The zero-order valence-electron chi connectivity index (χ0n) is 16.9. The van der Waals surface area contributed by atoms with Gasteiger partial charge in [0.05, 0.1) is 11.1 Å². The number of hydrogen-bond donors (Lipinski definition) is 1. The van der Waals surface area contributed by atoms with Crippen molar-refractivity contribution in [1.29, 1.82) is 0 Å². The first-order chi connectivity index (χ1) is 13.4. The molecule has 0 radical (unpaired) electrons. The van der Waals surface area contributed by atoms with E-state index in [1.54, 1.807) is 24.3 Å². The highest BCUT2D eigenvalue weighted by Gasteiger charge is 2.31. The van der Waals surface area contributed by atoms with Gasteiger partial charge in [0.15, 0.2) is 0 Å². The van der Waals surface area contributed by atoms with Crippen molar-refractivity contribution < 1.29 is 14.0 Å². The molecule has 5 nitrogen and oxygen atoms in total. The van der Waals surface area contributed by atoms with Gasteiger partial charge in [-0.1, -0.05) is 6.92 Å². The number of furan rings is 1. The lowest BCUT2D eigenvalue weighted by Gasteiger charge is -2.28. The lowest BCUT2D eigenvalue weighted by atomic mass is 9.88. The summed E-state index contributed by atoms with van der Waals surface area (Å²) in [4.78, 5) is 29.5. The molecule has 2 amide bonds. The zero-order valence-corrected chi connectivity index (χ0v) is 17.7. The number of nitrogens with one attached hydrogen (secondary N) is 1. The Morgan fingerprint density at radius 1 is 1.21 bits per heavy atom. The van der Waals surface area contributed by atoms with E-state index in [9.17, 15) is 9.59 Å². The molecule has 2 aromatic heterocycles. The summed E-state index contributed by atoms with van der Waals surface area (Å²) >= 11 is 1.58. The highest BCUT2D eigenvalue weighted by molar-refractivity contribution is 7.17. The molecule has 1 atom stereocenters. The van der Waals surface area contributed by atoms with Crippen LogP contribution in [0.4, 0.5) is 5.00 Å². The van der Waals surface area contributed by atoms with Gasteiger partial charge >= 0.3 is 0 Å². The van der Waals surface area contributed by atoms with E-state index in [-0.39, 0.29) is 11.8 Å². The van der Waals surface area contributed by atoms with Crippen LogP contribution in [0.25, 0.3) is 0 Å². The van der Waals surface area contributed by atoms with Crippen LogP contribution in [-0.2, 0) is 12.8 Å². The Kier molecular flexibility index (Phi) is 5.32. The SMILES string of the molecule is Cc1cc(C(=O)Nc2sc3c(c2C(=O)N2CCCCC2)CCC(C)C3)c(C)o1. The zero-order chi connectivity index (χ0) is 19.8. The maximum atomic E-state index is 13.4. The van der Waals surface area contributed by atoms with Crippen molar-refractivity contribution in [3.63, 3.8) is 0 Å². The van der Waals surface area contributed by atoms with Crippen LogP contribution in [0.1, 0.15) is 75.3 Å². The molecule has 1 aliphatic carbocycles. The normalized spacial score (nSPS) is 19.4. The summed E-state index contributed by atoms with van der Waals surface area (Å²) in [6, 6.07) is 1.76. The lowest BCUT2D eigenvalue weighted by Crippen LogP contribution is -2.36. The van der Waals surface area contributed by atoms with Crippen molar-refractivity contribution in [2.24, 2.45) is 5.92 Å². The number of carbonyl (C=O) groups excluding carboxylic acids is 2. The van der Waals surface area contributed by atoms with Gasteiger partial charge in [-0.15, -0.1) is 11.3 Å². The molecule has 150 valence electrons. The predicted octanol–water partition coefficient (Wildman–Crippen LogP) is 4.96. The van der Waals surface area contributed by atoms with E-state index in [0.29, 0.717) is 28.0 Å². The Hall–Kier alpha value is -2.08. The summed E-state index contributed by atoms with van der Waals surface area (Å²) in [5.41, 5.74) is 2.43. The molecule has 4 rings (SSSR count). The second kappa shape index (κ2) is 7.74. The van der Waals surface area contributed by atoms with Gasteiger partial charge in [-0.2, -0.15) is 0 Å². The molecule has 0 spiro atoms. The smallest absolute Gasteiger partial charge is 0.259 e. The summed E-state index contributed by atoms with van der Waals surface area (Å²) in [6.07, 6.45) is 6.30. The topological polar surface area (TPSA) is 62.6 Å². The van der Waals surface area contributed by atoms with E-state index in [2.05, 4.69) is 12.2 Å². The van der Waals surface area contributed by atoms with Crippen molar-refractivity contribution >= 4 is 28.2 Å². The first kappa shape index (κ1) is 19.2. The van der Waals surface area contributed by atoms with Crippen molar-refractivity contribution in [1.82, 2.24) is 4.90 Å². The van der Waals surface area contributed by atoms with Crippen LogP contribution in [0.3, 0.4) is 0 Å². The van der Waals surface area contributed by atoms with E-state index in [0.717, 1.165) is 56.3 Å². The third-order valence-electron chi connectivity index (χ3n) is 5.88. The number of aryl methyl sites for hydroxylation is 2. The van der Waals surface area contributed by atoms with Gasteiger partial charge in [-0.25, -0.2) is 0 Å². The number of rotatable bonds is 3. The highest BCUT2D eigenvalue weighted by atomic mass is 32.1. The minimum atomic E-state index is -0.200. The number of carbonyl (C=O) groups is 2. The van der Waals surface area contributed by atoms with Crippen molar-refractivity contribution in [2.75, 3.05) is 18.4 Å². The molecule has 28 heavy (non-hydrogen) atoms. The first-order valence-corrected chi connectivity index (χ1v) is 11.1. The van der Waals surface area contributed by atoms with Gasteiger partial charge in [0.25, 0.3) is 11.8 Å². The summed E-state index contributed by atoms with van der Waals surface area (Å²) in [6.45, 7) is 7.51. The van der Waals surface area contributed by atoms with E-state index in [1.165, 1.54) is 11.3 Å². The molecule has 1 aliphatic heterocycles.